The van der Waals surface area contributed by atoms with Gasteiger partial charge in [-0.15, -0.1) is 0 Å². The van der Waals surface area contributed by atoms with E-state index in [1.165, 1.54) is 43.9 Å². The summed E-state index contributed by atoms with van der Waals surface area (Å²) in [5.74, 6) is -3.12. The van der Waals surface area contributed by atoms with Crippen molar-refractivity contribution < 1.29 is 27.1 Å². The van der Waals surface area contributed by atoms with Gasteiger partial charge in [-0.3, -0.25) is 14.6 Å². The lowest BCUT2D eigenvalue weighted by Crippen LogP contribution is -2.23. The molecule has 0 unspecified atom stereocenters. The molecule has 186 valence electrons. The number of nitrogens with zero attached hydrogens (tertiary/aromatic N) is 3. The van der Waals surface area contributed by atoms with Crippen molar-refractivity contribution in [1.29, 1.82) is 0 Å². The van der Waals surface area contributed by atoms with Gasteiger partial charge in [0.1, 0.15) is 5.82 Å². The highest BCUT2D eigenvalue weighted by atomic mass is 19.1. The fraction of sp³-hybridized carbons (Fsp3) is 0.167. The van der Waals surface area contributed by atoms with Crippen LogP contribution in [0.4, 0.5) is 18.9 Å². The smallest absolute Gasteiger partial charge is 0.289 e. The van der Waals surface area contributed by atoms with E-state index in [0.29, 0.717) is 5.56 Å². The normalized spacial score (nSPS) is 10.9. The number of carbonyl (C=O) groups is 1. The van der Waals surface area contributed by atoms with Gasteiger partial charge in [-0.05, 0) is 23.8 Å². The van der Waals surface area contributed by atoms with Crippen molar-refractivity contribution >= 4 is 11.6 Å². The van der Waals surface area contributed by atoms with Gasteiger partial charge in [0.2, 0.25) is 5.76 Å². The summed E-state index contributed by atoms with van der Waals surface area (Å²) in [6.45, 7) is -0.389. The van der Waals surface area contributed by atoms with E-state index in [9.17, 15) is 22.8 Å². The number of nitrogens with one attached hydrogen (secondary N) is 1. The van der Waals surface area contributed by atoms with E-state index >= 15 is 0 Å². The summed E-state index contributed by atoms with van der Waals surface area (Å²) >= 11 is 0. The summed E-state index contributed by atoms with van der Waals surface area (Å²) < 4.78 is 53.8. The summed E-state index contributed by atoms with van der Waals surface area (Å²) in [5.41, 5.74) is 5.38. The predicted octanol–water partition coefficient (Wildman–Crippen LogP) is 2.81. The molecular weight excluding hydrogens is 479 g/mol. The molecule has 0 fully saturated rings. The Morgan fingerprint density at radius 2 is 1.97 bits per heavy atom. The molecule has 0 saturated heterocycles. The van der Waals surface area contributed by atoms with E-state index in [0.717, 1.165) is 10.6 Å². The van der Waals surface area contributed by atoms with Crippen molar-refractivity contribution in [2.45, 2.75) is 19.5 Å². The van der Waals surface area contributed by atoms with E-state index in [4.69, 9.17) is 14.9 Å². The lowest BCUT2D eigenvalue weighted by Gasteiger charge is -2.09. The number of hydrogen-bond acceptors (Lipinski definition) is 7. The molecule has 0 radical (unpaired) electrons. The Hall–Kier alpha value is -4.61. The van der Waals surface area contributed by atoms with E-state index in [2.05, 4.69) is 15.3 Å². The molecule has 0 saturated carbocycles. The van der Waals surface area contributed by atoms with Crippen LogP contribution in [0, 0.1) is 17.5 Å². The van der Waals surface area contributed by atoms with Crippen LogP contribution in [-0.2, 0) is 19.5 Å². The number of carbonyl (C=O) groups excluding carboxylic acids is 1. The third-order valence-corrected chi connectivity index (χ3v) is 5.26. The van der Waals surface area contributed by atoms with Crippen LogP contribution in [-0.4, -0.2) is 27.6 Å². The number of amides is 1. The number of halogens is 3. The van der Waals surface area contributed by atoms with Crippen LogP contribution < -0.4 is 21.3 Å². The van der Waals surface area contributed by atoms with E-state index < -0.39 is 28.9 Å². The van der Waals surface area contributed by atoms with Gasteiger partial charge >= 0.3 is 0 Å². The van der Waals surface area contributed by atoms with Crippen LogP contribution in [0.3, 0.4) is 0 Å². The maximum atomic E-state index is 14.6. The van der Waals surface area contributed by atoms with Crippen LogP contribution in [0.5, 0.6) is 5.75 Å². The number of aromatic nitrogens is 3. The highest BCUT2D eigenvalue weighted by Gasteiger charge is 2.17. The quantitative estimate of drug-likeness (QED) is 0.382. The fourth-order valence-corrected chi connectivity index (χ4v) is 3.42. The topological polar surface area (TPSA) is 125 Å². The Labute approximate surface area is 202 Å². The fourth-order valence-electron chi connectivity index (χ4n) is 3.42. The molecule has 4 aromatic rings. The van der Waals surface area contributed by atoms with Gasteiger partial charge in [-0.25, -0.2) is 18.2 Å². The number of oxazole rings is 1. The van der Waals surface area contributed by atoms with Crippen molar-refractivity contribution in [3.8, 4) is 5.75 Å². The standard InChI is InChI=1S/C24H20F3N5O4/c1-35-22-17(28)9-29-18(21(22)27)10-31-23(33)19-11-30-20(36-19)8-13-4-5-14(16(26)7-13)12-32-6-2-3-15(25)24(32)34/h2-7,9,11H,8,10,12,28H2,1H3,(H,31,33). The maximum absolute atomic E-state index is 14.6. The van der Waals surface area contributed by atoms with Crippen LogP contribution in [0.15, 0.2) is 58.1 Å². The van der Waals surface area contributed by atoms with Gasteiger partial charge in [0, 0.05) is 18.2 Å². The van der Waals surface area contributed by atoms with Gasteiger partial charge in [0.05, 0.1) is 44.0 Å². The van der Waals surface area contributed by atoms with Gasteiger partial charge in [-0.2, -0.15) is 0 Å². The average molecular weight is 499 g/mol. The SMILES string of the molecule is COc1c(N)cnc(CNC(=O)c2cnc(Cc3ccc(Cn4cccc(F)c4=O)c(F)c3)o2)c1F. The third kappa shape index (κ3) is 5.22. The molecule has 0 aliphatic carbocycles. The molecule has 3 N–H and O–H groups in total. The first-order valence-electron chi connectivity index (χ1n) is 10.6. The number of anilines is 1. The molecule has 9 nitrogen and oxygen atoms in total. The number of benzene rings is 1. The molecule has 0 bridgehead atoms. The monoisotopic (exact) mass is 499 g/mol. The van der Waals surface area contributed by atoms with Crippen molar-refractivity contribution in [3.05, 3.63) is 105 Å². The zero-order chi connectivity index (χ0) is 25.8. The van der Waals surface area contributed by atoms with E-state index in [1.54, 1.807) is 6.07 Å². The highest BCUT2D eigenvalue weighted by molar-refractivity contribution is 5.91. The number of hydrogen-bond donors (Lipinski definition) is 2. The number of rotatable bonds is 8. The number of ether oxygens (including phenoxy) is 1. The largest absolute Gasteiger partial charge is 0.491 e. The lowest BCUT2D eigenvalue weighted by atomic mass is 10.1. The van der Waals surface area contributed by atoms with Gasteiger partial charge < -0.3 is 24.8 Å². The second-order valence-corrected chi connectivity index (χ2v) is 7.70. The third-order valence-electron chi connectivity index (χ3n) is 5.26. The molecule has 3 heterocycles. The Bertz CT molecular complexity index is 1490. The van der Waals surface area contributed by atoms with Crippen LogP contribution >= 0.6 is 0 Å². The first kappa shape index (κ1) is 24.5. The van der Waals surface area contributed by atoms with Crippen molar-refractivity contribution in [1.82, 2.24) is 19.9 Å². The molecule has 3 aromatic heterocycles. The Morgan fingerprint density at radius 3 is 2.72 bits per heavy atom. The predicted molar refractivity (Wildman–Crippen MR) is 122 cm³/mol. The first-order chi connectivity index (χ1) is 17.3. The molecule has 1 aromatic carbocycles. The van der Waals surface area contributed by atoms with Crippen molar-refractivity contribution in [2.24, 2.45) is 0 Å². The van der Waals surface area contributed by atoms with Crippen molar-refractivity contribution in [2.75, 3.05) is 12.8 Å². The highest BCUT2D eigenvalue weighted by Crippen LogP contribution is 2.25. The number of nitrogen functional groups attached to an aromatic ring is 1. The second kappa shape index (κ2) is 10.3. The Balaban J connectivity index is 1.40. The summed E-state index contributed by atoms with van der Waals surface area (Å²) in [6, 6.07) is 6.72. The molecular formula is C24H20F3N5O4. The zero-order valence-electron chi connectivity index (χ0n) is 18.9. The van der Waals surface area contributed by atoms with Crippen LogP contribution in [0.2, 0.25) is 0 Å². The summed E-state index contributed by atoms with van der Waals surface area (Å²) in [5, 5.41) is 2.47. The first-order valence-corrected chi connectivity index (χ1v) is 10.6. The minimum absolute atomic E-state index is 0.0253. The van der Waals surface area contributed by atoms with E-state index in [1.807, 2.05) is 0 Å². The zero-order valence-corrected chi connectivity index (χ0v) is 18.9. The van der Waals surface area contributed by atoms with Gasteiger partial charge in [0.25, 0.3) is 11.5 Å². The molecule has 0 aliphatic rings. The second-order valence-electron chi connectivity index (χ2n) is 7.70. The minimum Gasteiger partial charge on any atom is -0.491 e. The van der Waals surface area contributed by atoms with Gasteiger partial charge in [0.15, 0.2) is 23.3 Å². The Morgan fingerprint density at radius 1 is 1.17 bits per heavy atom. The molecule has 0 atom stereocenters. The van der Waals surface area contributed by atoms with E-state index in [-0.39, 0.29) is 53.9 Å². The van der Waals surface area contributed by atoms with Crippen LogP contribution in [0.25, 0.3) is 0 Å². The maximum Gasteiger partial charge on any atom is 0.289 e. The molecule has 36 heavy (non-hydrogen) atoms. The number of methoxy groups -OCH3 is 1. The number of pyridine rings is 2. The minimum atomic E-state index is -0.923. The molecule has 0 aliphatic heterocycles. The van der Waals surface area contributed by atoms with Crippen molar-refractivity contribution in [3.63, 3.8) is 0 Å². The van der Waals surface area contributed by atoms with Gasteiger partial charge in [-0.1, -0.05) is 12.1 Å². The van der Waals surface area contributed by atoms with Crippen LogP contribution in [0.1, 0.15) is 33.3 Å². The lowest BCUT2D eigenvalue weighted by molar-refractivity contribution is 0.0920. The molecule has 4 rings (SSSR count). The summed E-state index contributed by atoms with van der Waals surface area (Å²) in [4.78, 5) is 32.1. The summed E-state index contributed by atoms with van der Waals surface area (Å²) in [6.07, 6.45) is 3.86. The molecule has 0 spiro atoms. The summed E-state index contributed by atoms with van der Waals surface area (Å²) in [7, 11) is 1.26. The number of nitrogens with two attached hydrogens (primary N) is 1. The Kier molecular flexibility index (Phi) is 7.04. The molecule has 12 heteroatoms. The molecule has 1 amide bonds. The average Bonchev–Trinajstić information content (AvgIpc) is 3.32.